The zero-order valence-electron chi connectivity index (χ0n) is 11.8. The van der Waals surface area contributed by atoms with E-state index >= 15 is 0 Å². The molecule has 0 spiro atoms. The van der Waals surface area contributed by atoms with Crippen LogP contribution in [0.4, 0.5) is 0 Å². The summed E-state index contributed by atoms with van der Waals surface area (Å²) in [5.41, 5.74) is 1.32. The van der Waals surface area contributed by atoms with Gasteiger partial charge < -0.3 is 4.98 Å². The summed E-state index contributed by atoms with van der Waals surface area (Å²) in [4.78, 5) is 7.65. The van der Waals surface area contributed by atoms with Crippen molar-refractivity contribution < 1.29 is 0 Å². The Balaban J connectivity index is 2.38. The predicted octanol–water partition coefficient (Wildman–Crippen LogP) is 4.65. The van der Waals surface area contributed by atoms with Crippen LogP contribution in [0.15, 0.2) is 6.20 Å². The number of hydrogen-bond donors (Lipinski definition) is 1. The van der Waals surface area contributed by atoms with Gasteiger partial charge >= 0.3 is 0 Å². The Morgan fingerprint density at radius 2 is 1.82 bits per heavy atom. The molecule has 0 aliphatic carbocycles. The number of imidazole rings is 1. The van der Waals surface area contributed by atoms with Crippen molar-refractivity contribution in [1.82, 2.24) is 9.97 Å². The van der Waals surface area contributed by atoms with Crippen molar-refractivity contribution in [3.63, 3.8) is 0 Å². The monoisotopic (exact) mass is 236 g/mol. The Hall–Kier alpha value is -0.790. The summed E-state index contributed by atoms with van der Waals surface area (Å²) in [5.74, 6) is 1.89. The van der Waals surface area contributed by atoms with Crippen LogP contribution >= 0.6 is 0 Å². The SMILES string of the molecule is CCCCCC(CCCC)Cc1cnc(C)[nH]1. The van der Waals surface area contributed by atoms with E-state index in [-0.39, 0.29) is 0 Å². The summed E-state index contributed by atoms with van der Waals surface area (Å²) in [6.07, 6.45) is 12.7. The first-order chi connectivity index (χ1) is 8.26. The number of rotatable bonds is 9. The van der Waals surface area contributed by atoms with E-state index in [4.69, 9.17) is 0 Å². The molecule has 17 heavy (non-hydrogen) atoms. The maximum Gasteiger partial charge on any atom is 0.103 e. The highest BCUT2D eigenvalue weighted by Gasteiger charge is 2.10. The van der Waals surface area contributed by atoms with Crippen molar-refractivity contribution in [2.75, 3.05) is 0 Å². The van der Waals surface area contributed by atoms with Gasteiger partial charge in [-0.05, 0) is 19.3 Å². The van der Waals surface area contributed by atoms with Crippen LogP contribution in [-0.4, -0.2) is 9.97 Å². The van der Waals surface area contributed by atoms with Gasteiger partial charge in [-0.3, -0.25) is 0 Å². The molecule has 0 radical (unpaired) electrons. The lowest BCUT2D eigenvalue weighted by Crippen LogP contribution is -2.05. The molecule has 2 nitrogen and oxygen atoms in total. The second kappa shape index (κ2) is 8.32. The molecule has 0 aromatic carbocycles. The normalized spacial score (nSPS) is 12.9. The van der Waals surface area contributed by atoms with Gasteiger partial charge in [-0.15, -0.1) is 0 Å². The van der Waals surface area contributed by atoms with Crippen LogP contribution in [0.25, 0.3) is 0 Å². The molecule has 0 fully saturated rings. The number of aryl methyl sites for hydroxylation is 1. The van der Waals surface area contributed by atoms with Crippen LogP contribution in [0.1, 0.15) is 70.3 Å². The van der Waals surface area contributed by atoms with Crippen molar-refractivity contribution in [1.29, 1.82) is 0 Å². The van der Waals surface area contributed by atoms with Crippen LogP contribution in [0.3, 0.4) is 0 Å². The van der Waals surface area contributed by atoms with Crippen LogP contribution in [0, 0.1) is 12.8 Å². The highest BCUT2D eigenvalue weighted by molar-refractivity contribution is 5.00. The van der Waals surface area contributed by atoms with Crippen LogP contribution < -0.4 is 0 Å². The largest absolute Gasteiger partial charge is 0.346 e. The molecule has 98 valence electrons. The van der Waals surface area contributed by atoms with Gasteiger partial charge in [0.2, 0.25) is 0 Å². The van der Waals surface area contributed by atoms with Crippen LogP contribution in [0.5, 0.6) is 0 Å². The second-order valence-electron chi connectivity index (χ2n) is 5.20. The lowest BCUT2D eigenvalue weighted by molar-refractivity contribution is 0.409. The summed E-state index contributed by atoms with van der Waals surface area (Å²) in [6, 6.07) is 0. The molecular formula is C15H28N2. The molecule has 0 aliphatic heterocycles. The third-order valence-electron chi connectivity index (χ3n) is 3.45. The summed E-state index contributed by atoms with van der Waals surface area (Å²) in [7, 11) is 0. The standard InChI is InChI=1S/C15H28N2/c1-4-6-8-10-14(9-7-5-2)11-15-12-16-13(3)17-15/h12,14H,4-11H2,1-3H3,(H,16,17). The molecule has 0 saturated carbocycles. The highest BCUT2D eigenvalue weighted by Crippen LogP contribution is 2.20. The fourth-order valence-corrected chi connectivity index (χ4v) is 2.41. The van der Waals surface area contributed by atoms with E-state index in [0.29, 0.717) is 0 Å². The quantitative estimate of drug-likeness (QED) is 0.621. The Labute approximate surface area is 106 Å². The van der Waals surface area contributed by atoms with E-state index in [1.54, 1.807) is 0 Å². The second-order valence-corrected chi connectivity index (χ2v) is 5.20. The van der Waals surface area contributed by atoms with Crippen molar-refractivity contribution in [2.24, 2.45) is 5.92 Å². The average Bonchev–Trinajstić information content (AvgIpc) is 2.72. The number of aromatic amines is 1. The number of aromatic nitrogens is 2. The summed E-state index contributed by atoms with van der Waals surface area (Å²) < 4.78 is 0. The molecule has 1 rings (SSSR count). The average molecular weight is 236 g/mol. The van der Waals surface area contributed by atoms with E-state index in [9.17, 15) is 0 Å². The fourth-order valence-electron chi connectivity index (χ4n) is 2.41. The minimum atomic E-state index is 0.848. The molecule has 0 aliphatic rings. The Bertz CT molecular complexity index is 291. The summed E-state index contributed by atoms with van der Waals surface area (Å²) in [5, 5.41) is 0. The smallest absolute Gasteiger partial charge is 0.103 e. The van der Waals surface area contributed by atoms with Gasteiger partial charge in [0.05, 0.1) is 0 Å². The van der Waals surface area contributed by atoms with Crippen molar-refractivity contribution in [2.45, 2.75) is 72.1 Å². The first kappa shape index (κ1) is 14.3. The van der Waals surface area contributed by atoms with Gasteiger partial charge in [0.1, 0.15) is 5.82 Å². The van der Waals surface area contributed by atoms with Crippen LogP contribution in [0.2, 0.25) is 0 Å². The van der Waals surface area contributed by atoms with E-state index in [2.05, 4.69) is 23.8 Å². The number of unbranched alkanes of at least 4 members (excludes halogenated alkanes) is 3. The molecule has 1 aromatic heterocycles. The molecule has 1 N–H and O–H groups in total. The Kier molecular flexibility index (Phi) is 6.99. The minimum Gasteiger partial charge on any atom is -0.346 e. The minimum absolute atomic E-state index is 0.848. The maximum absolute atomic E-state index is 4.29. The lowest BCUT2D eigenvalue weighted by Gasteiger charge is -2.15. The zero-order chi connectivity index (χ0) is 12.5. The number of nitrogens with one attached hydrogen (secondary N) is 1. The topological polar surface area (TPSA) is 28.7 Å². The molecule has 0 saturated heterocycles. The molecule has 1 aromatic rings. The highest BCUT2D eigenvalue weighted by atomic mass is 14.9. The van der Waals surface area contributed by atoms with Gasteiger partial charge in [0.15, 0.2) is 0 Å². The molecule has 0 bridgehead atoms. The van der Waals surface area contributed by atoms with Gasteiger partial charge in [0.25, 0.3) is 0 Å². The van der Waals surface area contributed by atoms with E-state index in [1.165, 1.54) is 57.1 Å². The summed E-state index contributed by atoms with van der Waals surface area (Å²) >= 11 is 0. The van der Waals surface area contributed by atoms with Gasteiger partial charge in [0, 0.05) is 11.9 Å². The number of H-pyrrole nitrogens is 1. The molecule has 1 unspecified atom stereocenters. The fraction of sp³-hybridized carbons (Fsp3) is 0.800. The molecule has 2 heteroatoms. The van der Waals surface area contributed by atoms with Crippen LogP contribution in [-0.2, 0) is 6.42 Å². The van der Waals surface area contributed by atoms with E-state index < -0.39 is 0 Å². The van der Waals surface area contributed by atoms with E-state index in [0.717, 1.165) is 11.7 Å². The number of hydrogen-bond acceptors (Lipinski definition) is 1. The Morgan fingerprint density at radius 1 is 1.12 bits per heavy atom. The van der Waals surface area contributed by atoms with Crippen molar-refractivity contribution in [3.8, 4) is 0 Å². The number of nitrogens with zero attached hydrogens (tertiary/aromatic N) is 1. The predicted molar refractivity (Wildman–Crippen MR) is 74.2 cm³/mol. The first-order valence-electron chi connectivity index (χ1n) is 7.26. The first-order valence-corrected chi connectivity index (χ1v) is 7.26. The van der Waals surface area contributed by atoms with Crippen molar-refractivity contribution in [3.05, 3.63) is 17.7 Å². The molecule has 1 atom stereocenters. The summed E-state index contributed by atoms with van der Waals surface area (Å²) in [6.45, 7) is 6.59. The zero-order valence-corrected chi connectivity index (χ0v) is 11.8. The Morgan fingerprint density at radius 3 is 2.41 bits per heavy atom. The van der Waals surface area contributed by atoms with Gasteiger partial charge in [-0.2, -0.15) is 0 Å². The van der Waals surface area contributed by atoms with Gasteiger partial charge in [-0.1, -0.05) is 58.8 Å². The van der Waals surface area contributed by atoms with E-state index in [1.807, 2.05) is 13.1 Å². The molecule has 1 heterocycles. The maximum atomic E-state index is 4.29. The van der Waals surface area contributed by atoms with Crippen molar-refractivity contribution >= 4 is 0 Å². The molecule has 0 amide bonds. The lowest BCUT2D eigenvalue weighted by atomic mass is 9.91. The molecular weight excluding hydrogens is 208 g/mol. The van der Waals surface area contributed by atoms with Gasteiger partial charge in [-0.25, -0.2) is 4.98 Å². The third-order valence-corrected chi connectivity index (χ3v) is 3.45. The third kappa shape index (κ3) is 5.90.